The number of aliphatic hydroxyl groups is 1. The van der Waals surface area contributed by atoms with Crippen molar-refractivity contribution in [2.45, 2.75) is 26.9 Å². The molecule has 0 spiro atoms. The topological polar surface area (TPSA) is 62.7 Å². The maximum atomic E-state index is 12.2. The van der Waals surface area contributed by atoms with Gasteiger partial charge in [0.1, 0.15) is 0 Å². The lowest BCUT2D eigenvalue weighted by Crippen LogP contribution is -2.47. The highest BCUT2D eigenvalue weighted by Gasteiger charge is 2.30. The van der Waals surface area contributed by atoms with Gasteiger partial charge in [-0.25, -0.2) is 4.79 Å². The van der Waals surface area contributed by atoms with Gasteiger partial charge in [0.15, 0.2) is 0 Å². The average molecular weight is 328 g/mol. The first-order chi connectivity index (χ1) is 11.5. The number of carbonyl (C=O) groups excluding carboxylic acids is 1. The van der Waals surface area contributed by atoms with Crippen LogP contribution in [0.15, 0.2) is 30.5 Å². The maximum absolute atomic E-state index is 12.2. The predicted octanol–water partition coefficient (Wildman–Crippen LogP) is 2.86. The van der Waals surface area contributed by atoms with Gasteiger partial charge < -0.3 is 14.7 Å². The molecular formula is C19H24N2O3. The normalized spacial score (nSPS) is 24.2. The summed E-state index contributed by atoms with van der Waals surface area (Å²) in [6, 6.07) is 7.68. The van der Waals surface area contributed by atoms with Crippen LogP contribution in [0.3, 0.4) is 0 Å². The van der Waals surface area contributed by atoms with Gasteiger partial charge in [-0.3, -0.25) is 4.98 Å². The fraction of sp³-hybridized carbons (Fsp3) is 0.474. The number of hydrogen-bond acceptors (Lipinski definition) is 5. The quantitative estimate of drug-likeness (QED) is 0.878. The highest BCUT2D eigenvalue weighted by molar-refractivity contribution is 6.04. The van der Waals surface area contributed by atoms with Crippen molar-refractivity contribution in [3.8, 4) is 0 Å². The highest BCUT2D eigenvalue weighted by atomic mass is 16.5. The molecule has 2 heterocycles. The highest BCUT2D eigenvalue weighted by Crippen LogP contribution is 2.29. The van der Waals surface area contributed by atoms with Crippen LogP contribution >= 0.6 is 0 Å². The van der Waals surface area contributed by atoms with Crippen LogP contribution in [-0.4, -0.2) is 41.9 Å². The molecule has 3 rings (SSSR count). The second kappa shape index (κ2) is 6.77. The van der Waals surface area contributed by atoms with E-state index in [1.165, 1.54) is 0 Å². The Morgan fingerprint density at radius 3 is 2.67 bits per heavy atom. The van der Waals surface area contributed by atoms with E-state index in [1.54, 1.807) is 19.2 Å². The van der Waals surface area contributed by atoms with Gasteiger partial charge in [0.05, 0.1) is 23.8 Å². The number of carbonyl (C=O) groups is 1. The maximum Gasteiger partial charge on any atom is 0.338 e. The van der Waals surface area contributed by atoms with Crippen molar-refractivity contribution < 1.29 is 14.6 Å². The summed E-state index contributed by atoms with van der Waals surface area (Å²) in [6.07, 6.45) is 1.37. The molecule has 0 radical (unpaired) electrons. The van der Waals surface area contributed by atoms with E-state index in [-0.39, 0.29) is 23.9 Å². The lowest BCUT2D eigenvalue weighted by molar-refractivity contribution is 0.0527. The number of aliphatic hydroxyl groups excluding tert-OH is 1. The number of hydrogen-bond donors (Lipinski definition) is 1. The Kier molecular flexibility index (Phi) is 4.71. The first-order valence-corrected chi connectivity index (χ1v) is 8.50. The number of ether oxygens (including phenoxy) is 1. The number of piperidine rings is 1. The van der Waals surface area contributed by atoms with Crippen LogP contribution in [-0.2, 0) is 4.74 Å². The number of rotatable bonds is 3. The van der Waals surface area contributed by atoms with Crippen LogP contribution in [0, 0.1) is 11.8 Å². The van der Waals surface area contributed by atoms with Crippen LogP contribution in [0.4, 0.5) is 5.69 Å². The first kappa shape index (κ1) is 16.7. The van der Waals surface area contributed by atoms with Crippen molar-refractivity contribution in [2.24, 2.45) is 11.8 Å². The van der Waals surface area contributed by atoms with E-state index < -0.39 is 0 Å². The summed E-state index contributed by atoms with van der Waals surface area (Å²) in [5, 5.41) is 11.0. The van der Waals surface area contributed by atoms with E-state index in [0.717, 1.165) is 29.7 Å². The van der Waals surface area contributed by atoms with Crippen molar-refractivity contribution in [1.82, 2.24) is 4.98 Å². The summed E-state index contributed by atoms with van der Waals surface area (Å²) in [5.41, 5.74) is 2.37. The number of benzene rings is 1. The zero-order chi connectivity index (χ0) is 17.3. The first-order valence-electron chi connectivity index (χ1n) is 8.50. The standard InChI is InChI=1S/C19H24N2O3/c1-4-24-19(23)15-7-8-20-17-6-5-14(9-16(15)17)21-10-12(2)18(22)13(3)11-21/h5-9,12-13,18,22H,4,10-11H2,1-3H3. The van der Waals surface area contributed by atoms with Crippen LogP contribution in [0.5, 0.6) is 0 Å². The Labute approximate surface area is 142 Å². The third kappa shape index (κ3) is 3.08. The Hall–Kier alpha value is -2.14. The van der Waals surface area contributed by atoms with E-state index in [4.69, 9.17) is 4.74 Å². The third-order valence-electron chi connectivity index (χ3n) is 4.77. The molecule has 1 aliphatic heterocycles. The molecule has 1 fully saturated rings. The minimum Gasteiger partial charge on any atom is -0.462 e. The molecule has 2 unspecified atom stereocenters. The fourth-order valence-corrected chi connectivity index (χ4v) is 3.48. The molecule has 0 aliphatic carbocycles. The van der Waals surface area contributed by atoms with Gasteiger partial charge in [0.2, 0.25) is 0 Å². The van der Waals surface area contributed by atoms with Crippen molar-refractivity contribution in [2.75, 3.05) is 24.6 Å². The Balaban J connectivity index is 1.98. The molecular weight excluding hydrogens is 304 g/mol. The number of aromatic nitrogens is 1. The largest absolute Gasteiger partial charge is 0.462 e. The molecule has 24 heavy (non-hydrogen) atoms. The molecule has 1 N–H and O–H groups in total. The number of anilines is 1. The lowest BCUT2D eigenvalue weighted by Gasteiger charge is -2.40. The smallest absolute Gasteiger partial charge is 0.338 e. The van der Waals surface area contributed by atoms with E-state index in [9.17, 15) is 9.90 Å². The van der Waals surface area contributed by atoms with Gasteiger partial charge in [-0.2, -0.15) is 0 Å². The van der Waals surface area contributed by atoms with Gasteiger partial charge in [-0.15, -0.1) is 0 Å². The zero-order valence-electron chi connectivity index (χ0n) is 14.4. The molecule has 1 saturated heterocycles. The number of pyridine rings is 1. The molecule has 0 amide bonds. The Bertz CT molecular complexity index is 734. The van der Waals surface area contributed by atoms with Gasteiger partial charge in [-0.1, -0.05) is 13.8 Å². The monoisotopic (exact) mass is 328 g/mol. The third-order valence-corrected chi connectivity index (χ3v) is 4.77. The zero-order valence-corrected chi connectivity index (χ0v) is 14.4. The van der Waals surface area contributed by atoms with Gasteiger partial charge >= 0.3 is 5.97 Å². The van der Waals surface area contributed by atoms with Crippen LogP contribution in [0.1, 0.15) is 31.1 Å². The molecule has 0 bridgehead atoms. The second-order valence-electron chi connectivity index (χ2n) is 6.63. The summed E-state index contributed by atoms with van der Waals surface area (Å²) in [5.74, 6) is 0.101. The molecule has 2 atom stereocenters. The van der Waals surface area contributed by atoms with Crippen molar-refractivity contribution in [3.63, 3.8) is 0 Å². The van der Waals surface area contributed by atoms with Crippen LogP contribution in [0.25, 0.3) is 10.9 Å². The summed E-state index contributed by atoms with van der Waals surface area (Å²) >= 11 is 0. The minimum absolute atomic E-state index is 0.211. The van der Waals surface area contributed by atoms with Crippen LogP contribution < -0.4 is 4.90 Å². The summed E-state index contributed by atoms with van der Waals surface area (Å²) in [7, 11) is 0. The number of esters is 1. The van der Waals surface area contributed by atoms with E-state index in [2.05, 4.69) is 23.7 Å². The molecule has 5 nitrogen and oxygen atoms in total. The lowest BCUT2D eigenvalue weighted by atomic mass is 9.88. The molecule has 2 aromatic rings. The molecule has 128 valence electrons. The number of nitrogens with zero attached hydrogens (tertiary/aromatic N) is 2. The molecule has 1 aromatic heterocycles. The predicted molar refractivity (Wildman–Crippen MR) is 94.2 cm³/mol. The minimum atomic E-state index is -0.321. The van der Waals surface area contributed by atoms with E-state index in [0.29, 0.717) is 12.2 Å². The van der Waals surface area contributed by atoms with Crippen LogP contribution in [0.2, 0.25) is 0 Å². The van der Waals surface area contributed by atoms with Gasteiger partial charge in [0.25, 0.3) is 0 Å². The second-order valence-corrected chi connectivity index (χ2v) is 6.63. The average Bonchev–Trinajstić information content (AvgIpc) is 2.58. The Morgan fingerprint density at radius 1 is 1.29 bits per heavy atom. The van der Waals surface area contributed by atoms with Crippen molar-refractivity contribution in [1.29, 1.82) is 0 Å². The fourth-order valence-electron chi connectivity index (χ4n) is 3.48. The van der Waals surface area contributed by atoms with Gasteiger partial charge in [-0.05, 0) is 43.0 Å². The van der Waals surface area contributed by atoms with Crippen molar-refractivity contribution >= 4 is 22.6 Å². The number of fused-ring (bicyclic) bond motifs is 1. The van der Waals surface area contributed by atoms with E-state index >= 15 is 0 Å². The molecule has 1 aromatic carbocycles. The van der Waals surface area contributed by atoms with Crippen molar-refractivity contribution in [3.05, 3.63) is 36.0 Å². The summed E-state index contributed by atoms with van der Waals surface area (Å²) in [4.78, 5) is 18.8. The van der Waals surface area contributed by atoms with E-state index in [1.807, 2.05) is 18.2 Å². The summed E-state index contributed by atoms with van der Waals surface area (Å²) in [6.45, 7) is 7.88. The molecule has 5 heteroatoms. The van der Waals surface area contributed by atoms with Gasteiger partial charge in [0, 0.05) is 30.4 Å². The SMILES string of the molecule is CCOC(=O)c1ccnc2ccc(N3CC(C)C(O)C(C)C3)cc12. The summed E-state index contributed by atoms with van der Waals surface area (Å²) < 4.78 is 5.16. The molecule has 0 saturated carbocycles. The molecule has 1 aliphatic rings. The Morgan fingerprint density at radius 2 is 2.00 bits per heavy atom.